The molecule has 3 aromatic rings. The van der Waals surface area contributed by atoms with E-state index in [0.717, 1.165) is 34.7 Å². The third kappa shape index (κ3) is 9.14. The second kappa shape index (κ2) is 14.2. The summed E-state index contributed by atoms with van der Waals surface area (Å²) in [7, 11) is -2.47. The van der Waals surface area contributed by atoms with E-state index in [0.29, 0.717) is 12.0 Å². The summed E-state index contributed by atoms with van der Waals surface area (Å²) in [5.74, 6) is -0.894. The van der Waals surface area contributed by atoms with Gasteiger partial charge in [-0.1, -0.05) is 72.3 Å². The van der Waals surface area contributed by atoms with Gasteiger partial charge in [-0.15, -0.1) is 0 Å². The number of likely N-dealkylation sites (N-methyl/N-ethyl adjacent to an activating group) is 1. The van der Waals surface area contributed by atoms with Gasteiger partial charge < -0.3 is 15.5 Å². The lowest BCUT2D eigenvalue weighted by Gasteiger charge is -2.29. The molecule has 3 aromatic carbocycles. The van der Waals surface area contributed by atoms with Crippen molar-refractivity contribution in [3.8, 4) is 11.1 Å². The minimum atomic E-state index is -3.90. The van der Waals surface area contributed by atoms with Crippen molar-refractivity contribution in [1.29, 1.82) is 0 Å². The first-order chi connectivity index (χ1) is 18.9. The average molecular weight is 587 g/mol. The maximum absolute atomic E-state index is 13.3. The van der Waals surface area contributed by atoms with Crippen LogP contribution in [-0.4, -0.2) is 60.7 Å². The number of sulfonamides is 1. The lowest BCUT2D eigenvalue weighted by molar-refractivity contribution is -0.136. The van der Waals surface area contributed by atoms with Gasteiger partial charge in [0.25, 0.3) is 0 Å². The summed E-state index contributed by atoms with van der Waals surface area (Å²) in [4.78, 5) is 11.1. The predicted molar refractivity (Wildman–Crippen MR) is 160 cm³/mol. The molecule has 0 aliphatic heterocycles. The van der Waals surface area contributed by atoms with Gasteiger partial charge in [0.15, 0.2) is 0 Å². The molecule has 3 N–H and O–H groups in total. The fraction of sp³-hybridized carbons (Fsp3) is 0.387. The van der Waals surface area contributed by atoms with Gasteiger partial charge in [-0.25, -0.2) is 8.42 Å². The van der Waals surface area contributed by atoms with Crippen LogP contribution in [0.1, 0.15) is 44.2 Å². The molecule has 0 fully saturated rings. The molecule has 1 atom stereocenters. The summed E-state index contributed by atoms with van der Waals surface area (Å²) in [6.07, 6.45) is 2.30. The molecule has 0 amide bonds. The molecule has 0 unspecified atom stereocenters. The number of aliphatic carboxylic acids is 1. The zero-order valence-electron chi connectivity index (χ0n) is 23.3. The number of halogens is 1. The van der Waals surface area contributed by atoms with E-state index in [-0.39, 0.29) is 35.0 Å². The van der Waals surface area contributed by atoms with Gasteiger partial charge in [-0.05, 0) is 68.4 Å². The zero-order valence-corrected chi connectivity index (χ0v) is 24.9. The van der Waals surface area contributed by atoms with Crippen molar-refractivity contribution >= 4 is 27.6 Å². The van der Waals surface area contributed by atoms with Gasteiger partial charge in [-0.2, -0.15) is 4.31 Å². The number of carboxylic acids is 1. The van der Waals surface area contributed by atoms with Crippen molar-refractivity contribution in [2.45, 2.75) is 62.5 Å². The third-order valence-corrected chi connectivity index (χ3v) is 9.09. The van der Waals surface area contributed by atoms with Gasteiger partial charge in [0.2, 0.25) is 10.0 Å². The number of rotatable bonds is 15. The minimum Gasteiger partial charge on any atom is -0.481 e. The summed E-state index contributed by atoms with van der Waals surface area (Å²) in [6, 6.07) is 22.2. The maximum atomic E-state index is 13.3. The maximum Gasteiger partial charge on any atom is 0.303 e. The van der Waals surface area contributed by atoms with Crippen molar-refractivity contribution < 1.29 is 23.4 Å². The Hall–Kier alpha value is -2.75. The Morgan fingerprint density at radius 2 is 1.68 bits per heavy atom. The molecule has 0 heterocycles. The van der Waals surface area contributed by atoms with Crippen LogP contribution in [0.3, 0.4) is 0 Å². The molecule has 0 bridgehead atoms. The molecule has 0 saturated carbocycles. The summed E-state index contributed by atoms with van der Waals surface area (Å²) in [5.41, 5.74) is 3.29. The Bertz CT molecular complexity index is 1380. The molecule has 0 saturated heterocycles. The van der Waals surface area contributed by atoms with Crippen LogP contribution in [0.2, 0.25) is 5.02 Å². The highest BCUT2D eigenvalue weighted by Crippen LogP contribution is 2.33. The quantitative estimate of drug-likeness (QED) is 0.220. The standard InChI is InChI=1S/C31H39ClN2O5S/c1-31(2,19-9-12-23-10-5-4-6-11-23)33-21-25(35)22-34(3)40(38,39)26-16-17-28(29(32)20-26)27-14-8-7-13-24(27)15-18-30(36)37/h4-8,10-11,13-14,16-17,20,25,33,35H,9,12,15,18-19,21-22H2,1-3H3,(H,36,37)/t25-/m1/s1. The Balaban J connectivity index is 1.59. The molecule has 7 nitrogen and oxygen atoms in total. The van der Waals surface area contributed by atoms with Gasteiger partial charge in [-0.3, -0.25) is 4.79 Å². The molecule has 216 valence electrons. The second-order valence-electron chi connectivity index (χ2n) is 10.7. The normalized spacial score (nSPS) is 12.9. The van der Waals surface area contributed by atoms with E-state index in [1.54, 1.807) is 6.07 Å². The molecule has 40 heavy (non-hydrogen) atoms. The van der Waals surface area contributed by atoms with Gasteiger partial charge in [0, 0.05) is 42.7 Å². The fourth-order valence-corrected chi connectivity index (χ4v) is 6.20. The van der Waals surface area contributed by atoms with E-state index >= 15 is 0 Å². The van der Waals surface area contributed by atoms with Crippen LogP contribution in [0.4, 0.5) is 0 Å². The van der Waals surface area contributed by atoms with Crippen LogP contribution in [0.5, 0.6) is 0 Å². The Morgan fingerprint density at radius 1 is 1.00 bits per heavy atom. The first-order valence-electron chi connectivity index (χ1n) is 13.4. The van der Waals surface area contributed by atoms with Crippen LogP contribution >= 0.6 is 11.6 Å². The highest BCUT2D eigenvalue weighted by molar-refractivity contribution is 7.89. The summed E-state index contributed by atoms with van der Waals surface area (Å²) in [6.45, 7) is 4.33. The summed E-state index contributed by atoms with van der Waals surface area (Å²) < 4.78 is 27.7. The van der Waals surface area contributed by atoms with Crippen molar-refractivity contribution in [3.63, 3.8) is 0 Å². The van der Waals surface area contributed by atoms with Crippen LogP contribution in [0.25, 0.3) is 11.1 Å². The Kier molecular flexibility index (Phi) is 11.3. The molecule has 0 aliphatic rings. The number of hydrogen-bond donors (Lipinski definition) is 3. The molecule has 9 heteroatoms. The first-order valence-corrected chi connectivity index (χ1v) is 15.2. The number of aliphatic hydroxyl groups is 1. The van der Waals surface area contributed by atoms with Crippen LogP contribution < -0.4 is 5.32 Å². The number of carbonyl (C=O) groups is 1. The van der Waals surface area contributed by atoms with E-state index in [4.69, 9.17) is 16.7 Å². The van der Waals surface area contributed by atoms with Gasteiger partial charge in [0.1, 0.15) is 0 Å². The molecular weight excluding hydrogens is 548 g/mol. The number of β-amino-alcohol motifs (C(OH)–C–C–N with tert-alkyl or cyclic N) is 1. The van der Waals surface area contributed by atoms with E-state index in [9.17, 15) is 18.3 Å². The number of hydrogen-bond acceptors (Lipinski definition) is 5. The molecule has 0 aromatic heterocycles. The van der Waals surface area contributed by atoms with Crippen LogP contribution in [0, 0.1) is 0 Å². The Morgan fingerprint density at radius 3 is 2.35 bits per heavy atom. The topological polar surface area (TPSA) is 107 Å². The highest BCUT2D eigenvalue weighted by Gasteiger charge is 2.26. The Labute approximate surface area is 242 Å². The van der Waals surface area contributed by atoms with E-state index < -0.39 is 22.1 Å². The lowest BCUT2D eigenvalue weighted by Crippen LogP contribution is -2.46. The molecule has 3 rings (SSSR count). The number of carboxylic acid groups (broad SMARTS) is 1. The number of aliphatic hydroxyl groups excluding tert-OH is 1. The van der Waals surface area contributed by atoms with Crippen molar-refractivity contribution in [2.75, 3.05) is 20.1 Å². The average Bonchev–Trinajstić information content (AvgIpc) is 2.91. The summed E-state index contributed by atoms with van der Waals surface area (Å²) >= 11 is 6.54. The van der Waals surface area contributed by atoms with Gasteiger partial charge in [0.05, 0.1) is 11.0 Å². The zero-order chi connectivity index (χ0) is 29.3. The lowest BCUT2D eigenvalue weighted by atomic mass is 9.95. The van der Waals surface area contributed by atoms with Crippen LogP contribution in [-0.2, 0) is 27.7 Å². The predicted octanol–water partition coefficient (Wildman–Crippen LogP) is 5.40. The molecule has 0 aliphatic carbocycles. The van der Waals surface area contributed by atoms with Crippen molar-refractivity contribution in [2.24, 2.45) is 0 Å². The molecule has 0 spiro atoms. The van der Waals surface area contributed by atoms with Crippen molar-refractivity contribution in [1.82, 2.24) is 9.62 Å². The van der Waals surface area contributed by atoms with E-state index in [2.05, 4.69) is 31.3 Å². The number of nitrogens with one attached hydrogen (secondary N) is 1. The first kappa shape index (κ1) is 31.8. The smallest absolute Gasteiger partial charge is 0.303 e. The summed E-state index contributed by atoms with van der Waals surface area (Å²) in [5, 5.41) is 23.3. The van der Waals surface area contributed by atoms with E-state index in [1.807, 2.05) is 42.5 Å². The third-order valence-electron chi connectivity index (χ3n) is 6.96. The minimum absolute atomic E-state index is 0.0199. The second-order valence-corrected chi connectivity index (χ2v) is 13.2. The number of nitrogens with zero attached hydrogens (tertiary/aromatic N) is 1. The molecular formula is C31H39ClN2O5S. The SMILES string of the molecule is CN(C[C@H](O)CNC(C)(C)CCCc1ccccc1)S(=O)(=O)c1ccc(-c2ccccc2CCC(=O)O)c(Cl)c1. The fourth-order valence-electron chi connectivity index (χ4n) is 4.62. The largest absolute Gasteiger partial charge is 0.481 e. The number of benzene rings is 3. The van der Waals surface area contributed by atoms with Crippen molar-refractivity contribution in [3.05, 3.63) is 88.9 Å². The number of aryl methyl sites for hydroxylation is 2. The highest BCUT2D eigenvalue weighted by atomic mass is 35.5. The van der Waals surface area contributed by atoms with Gasteiger partial charge >= 0.3 is 5.97 Å². The van der Waals surface area contributed by atoms with E-state index in [1.165, 1.54) is 24.7 Å². The molecule has 0 radical (unpaired) electrons. The monoisotopic (exact) mass is 586 g/mol. The van der Waals surface area contributed by atoms with Crippen LogP contribution in [0.15, 0.2) is 77.7 Å².